The SMILES string of the molecule is CN(Cc1c(Br)cnn1C)C(=O)C12CC3CC(C1)CC(n1cnc(Br)n1)(C3)C2. The van der Waals surface area contributed by atoms with Gasteiger partial charge in [0.1, 0.15) is 6.33 Å². The smallest absolute Gasteiger partial charge is 0.228 e. The monoisotopic (exact) mass is 510 g/mol. The molecular formula is C19H24Br2N6O. The first kappa shape index (κ1) is 18.8. The van der Waals surface area contributed by atoms with Gasteiger partial charge in [0.05, 0.1) is 33.9 Å². The maximum atomic E-state index is 13.8. The average molecular weight is 512 g/mol. The van der Waals surface area contributed by atoms with Crippen molar-refractivity contribution in [1.29, 1.82) is 0 Å². The standard InChI is InChI=1S/C19H24Br2N6O/c1-25(9-15-14(20)8-23-26(15)2)16(28)18-4-12-3-13(5-18)7-19(6-12,10-18)27-11-22-17(21)24-27/h8,11-13H,3-7,9-10H2,1-2H3. The molecule has 2 unspecified atom stereocenters. The molecule has 2 aromatic heterocycles. The Morgan fingerprint density at radius 2 is 2.00 bits per heavy atom. The Morgan fingerprint density at radius 1 is 1.29 bits per heavy atom. The van der Waals surface area contributed by atoms with E-state index in [-0.39, 0.29) is 16.9 Å². The molecule has 1 amide bonds. The maximum Gasteiger partial charge on any atom is 0.228 e. The zero-order valence-corrected chi connectivity index (χ0v) is 19.3. The quantitative estimate of drug-likeness (QED) is 0.630. The number of aromatic nitrogens is 5. The molecule has 0 N–H and O–H groups in total. The van der Waals surface area contributed by atoms with E-state index in [1.165, 1.54) is 6.42 Å². The molecule has 4 saturated carbocycles. The van der Waals surface area contributed by atoms with Gasteiger partial charge in [0, 0.05) is 14.1 Å². The second-order valence-corrected chi connectivity index (χ2v) is 10.7. The molecular weight excluding hydrogens is 488 g/mol. The normalized spacial score (nSPS) is 33.4. The Hall–Kier alpha value is -1.22. The van der Waals surface area contributed by atoms with Crippen LogP contribution < -0.4 is 0 Å². The summed E-state index contributed by atoms with van der Waals surface area (Å²) in [5, 5.41) is 8.88. The van der Waals surface area contributed by atoms with Crippen LogP contribution in [0, 0.1) is 17.3 Å². The summed E-state index contributed by atoms with van der Waals surface area (Å²) in [6.45, 7) is 0.564. The van der Waals surface area contributed by atoms with Crippen LogP contribution in [0.3, 0.4) is 0 Å². The van der Waals surface area contributed by atoms with Crippen molar-refractivity contribution in [2.45, 2.75) is 50.6 Å². The minimum Gasteiger partial charge on any atom is -0.339 e. The zero-order valence-electron chi connectivity index (χ0n) is 16.1. The highest BCUT2D eigenvalue weighted by molar-refractivity contribution is 9.10. The van der Waals surface area contributed by atoms with E-state index >= 15 is 0 Å². The van der Waals surface area contributed by atoms with Gasteiger partial charge in [-0.2, -0.15) is 5.10 Å². The number of nitrogens with zero attached hydrogens (tertiary/aromatic N) is 6. The minimum absolute atomic E-state index is 0.0628. The van der Waals surface area contributed by atoms with Crippen molar-refractivity contribution in [2.24, 2.45) is 24.3 Å². The summed E-state index contributed by atoms with van der Waals surface area (Å²) >= 11 is 6.95. The highest BCUT2D eigenvalue weighted by atomic mass is 79.9. The molecule has 4 aliphatic rings. The molecule has 28 heavy (non-hydrogen) atoms. The van der Waals surface area contributed by atoms with Crippen molar-refractivity contribution in [3.8, 4) is 0 Å². The van der Waals surface area contributed by atoms with Gasteiger partial charge in [-0.15, -0.1) is 5.10 Å². The largest absolute Gasteiger partial charge is 0.339 e. The number of hydrogen-bond acceptors (Lipinski definition) is 4. The predicted molar refractivity (Wildman–Crippen MR) is 110 cm³/mol. The molecule has 7 nitrogen and oxygen atoms in total. The average Bonchev–Trinajstić information content (AvgIpc) is 3.21. The van der Waals surface area contributed by atoms with Gasteiger partial charge in [-0.25, -0.2) is 9.67 Å². The number of amides is 1. The molecule has 4 fully saturated rings. The van der Waals surface area contributed by atoms with Gasteiger partial charge in [0.25, 0.3) is 0 Å². The van der Waals surface area contributed by atoms with Crippen LogP contribution in [0.4, 0.5) is 0 Å². The Bertz CT molecular complexity index is 903. The molecule has 2 heterocycles. The van der Waals surface area contributed by atoms with Crippen LogP contribution in [0.2, 0.25) is 0 Å². The number of carbonyl (C=O) groups is 1. The van der Waals surface area contributed by atoms with Gasteiger partial charge in [-0.1, -0.05) is 0 Å². The van der Waals surface area contributed by atoms with E-state index in [0.29, 0.717) is 23.1 Å². The summed E-state index contributed by atoms with van der Waals surface area (Å²) in [4.78, 5) is 20.0. The number of hydrogen-bond donors (Lipinski definition) is 0. The van der Waals surface area contributed by atoms with Crippen LogP contribution in [0.15, 0.2) is 21.7 Å². The molecule has 4 bridgehead atoms. The van der Waals surface area contributed by atoms with Gasteiger partial charge in [-0.3, -0.25) is 9.48 Å². The first-order valence-electron chi connectivity index (χ1n) is 9.80. The molecule has 6 rings (SSSR count). The molecule has 9 heteroatoms. The third kappa shape index (κ3) is 2.80. The van der Waals surface area contributed by atoms with Crippen molar-refractivity contribution in [3.05, 3.63) is 27.4 Å². The summed E-state index contributed by atoms with van der Waals surface area (Å²) in [6.07, 6.45) is 10.0. The summed E-state index contributed by atoms with van der Waals surface area (Å²) in [6, 6.07) is 0. The van der Waals surface area contributed by atoms with Crippen molar-refractivity contribution in [2.75, 3.05) is 7.05 Å². The van der Waals surface area contributed by atoms with Crippen LogP contribution in [-0.4, -0.2) is 42.4 Å². The second-order valence-electron chi connectivity index (χ2n) is 9.15. The fourth-order valence-corrected chi connectivity index (χ4v) is 7.26. The lowest BCUT2D eigenvalue weighted by atomic mass is 9.46. The molecule has 0 radical (unpaired) electrons. The molecule has 0 saturated heterocycles. The summed E-state index contributed by atoms with van der Waals surface area (Å²) in [5.41, 5.74) is 0.685. The first-order valence-corrected chi connectivity index (χ1v) is 11.4. The van der Waals surface area contributed by atoms with Crippen LogP contribution >= 0.6 is 31.9 Å². The van der Waals surface area contributed by atoms with Crippen LogP contribution in [0.25, 0.3) is 0 Å². The number of rotatable bonds is 4. The molecule has 0 aromatic carbocycles. The van der Waals surface area contributed by atoms with E-state index in [1.54, 1.807) is 6.20 Å². The zero-order chi connectivity index (χ0) is 19.7. The number of aryl methyl sites for hydroxylation is 1. The minimum atomic E-state index is -0.275. The predicted octanol–water partition coefficient (Wildman–Crippen LogP) is 3.49. The molecule has 2 atom stereocenters. The third-order valence-electron chi connectivity index (χ3n) is 7.18. The van der Waals surface area contributed by atoms with Crippen LogP contribution in [0.5, 0.6) is 0 Å². The topological polar surface area (TPSA) is 68.8 Å². The van der Waals surface area contributed by atoms with E-state index in [4.69, 9.17) is 0 Å². The molecule has 2 aromatic rings. The van der Waals surface area contributed by atoms with E-state index in [1.807, 2.05) is 34.7 Å². The Balaban J connectivity index is 1.45. The van der Waals surface area contributed by atoms with Crippen molar-refractivity contribution in [3.63, 3.8) is 0 Å². The lowest BCUT2D eigenvalue weighted by Gasteiger charge is -2.61. The Morgan fingerprint density at radius 3 is 2.57 bits per heavy atom. The lowest BCUT2D eigenvalue weighted by molar-refractivity contribution is -0.166. The number of halogens is 2. The fourth-order valence-electron chi connectivity index (χ4n) is 6.52. The highest BCUT2D eigenvalue weighted by Gasteiger charge is 2.62. The molecule has 150 valence electrons. The Labute approximate surface area is 181 Å². The summed E-state index contributed by atoms with van der Waals surface area (Å²) < 4.78 is 5.46. The van der Waals surface area contributed by atoms with Gasteiger partial charge >= 0.3 is 0 Å². The van der Waals surface area contributed by atoms with Crippen molar-refractivity contribution < 1.29 is 4.79 Å². The van der Waals surface area contributed by atoms with Gasteiger partial charge in [0.2, 0.25) is 10.6 Å². The molecule has 4 aliphatic carbocycles. The van der Waals surface area contributed by atoms with Gasteiger partial charge < -0.3 is 4.90 Å². The van der Waals surface area contributed by atoms with E-state index in [9.17, 15) is 4.79 Å². The second kappa shape index (κ2) is 6.39. The first-order chi connectivity index (χ1) is 13.3. The Kier molecular flexibility index (Phi) is 4.29. The third-order valence-corrected chi connectivity index (χ3v) is 8.20. The van der Waals surface area contributed by atoms with Crippen molar-refractivity contribution in [1.82, 2.24) is 29.4 Å². The molecule has 0 aliphatic heterocycles. The summed E-state index contributed by atoms with van der Waals surface area (Å²) in [5.74, 6) is 1.48. The van der Waals surface area contributed by atoms with Gasteiger partial charge in [-0.05, 0) is 82.2 Å². The molecule has 0 spiro atoms. The van der Waals surface area contributed by atoms with Crippen LogP contribution in [0.1, 0.15) is 44.2 Å². The van der Waals surface area contributed by atoms with E-state index in [0.717, 1.165) is 42.3 Å². The van der Waals surface area contributed by atoms with Crippen LogP contribution in [-0.2, 0) is 23.9 Å². The highest BCUT2D eigenvalue weighted by Crippen LogP contribution is 2.64. The van der Waals surface area contributed by atoms with Crippen molar-refractivity contribution >= 4 is 37.8 Å². The maximum absolute atomic E-state index is 13.8. The van der Waals surface area contributed by atoms with E-state index < -0.39 is 0 Å². The van der Waals surface area contributed by atoms with Gasteiger partial charge in [0.15, 0.2) is 0 Å². The summed E-state index contributed by atoms with van der Waals surface area (Å²) in [7, 11) is 3.85. The number of carbonyl (C=O) groups excluding carboxylic acids is 1. The fraction of sp³-hybridized carbons (Fsp3) is 0.684. The lowest BCUT2D eigenvalue weighted by Crippen LogP contribution is -2.61. The van der Waals surface area contributed by atoms with E-state index in [2.05, 4.69) is 47.0 Å².